The minimum atomic E-state index is -0.655. The van der Waals surface area contributed by atoms with Gasteiger partial charge in [0.25, 0.3) is 5.89 Å². The number of hydrogen-bond donors (Lipinski definition) is 0. The molecular weight excluding hydrogens is 342 g/mol. The quantitative estimate of drug-likeness (QED) is 0.493. The van der Waals surface area contributed by atoms with Crippen LogP contribution < -0.4 is 0 Å². The van der Waals surface area contributed by atoms with Crippen LogP contribution in [0, 0.1) is 0 Å². The topological polar surface area (TPSA) is 70.2 Å². The van der Waals surface area contributed by atoms with E-state index in [1.54, 1.807) is 19.1 Å². The first-order valence-corrected chi connectivity index (χ1v) is 8.54. The summed E-state index contributed by atoms with van der Waals surface area (Å²) in [6.07, 6.45) is 3.17. The van der Waals surface area contributed by atoms with Crippen molar-refractivity contribution < 1.29 is 14.1 Å². The fourth-order valence-electron chi connectivity index (χ4n) is 2.68. The van der Waals surface area contributed by atoms with Crippen LogP contribution in [-0.4, -0.2) is 20.7 Å². The Bertz CT molecular complexity index is 1040. The molecule has 6 nitrogen and oxygen atoms in total. The van der Waals surface area contributed by atoms with Crippen molar-refractivity contribution in [3.05, 3.63) is 90.6 Å². The maximum atomic E-state index is 12.5. The van der Waals surface area contributed by atoms with Crippen molar-refractivity contribution in [2.24, 2.45) is 0 Å². The SMILES string of the molecule is C[C@H](OC(=O)c1cccc(-n2cccc2)c1)c1nc(-c2ccccc2)no1. The molecule has 2 aromatic carbocycles. The van der Waals surface area contributed by atoms with Crippen LogP contribution in [0.5, 0.6) is 0 Å². The fraction of sp³-hybridized carbons (Fsp3) is 0.0952. The summed E-state index contributed by atoms with van der Waals surface area (Å²) in [5.41, 5.74) is 2.17. The van der Waals surface area contributed by atoms with Gasteiger partial charge in [0, 0.05) is 23.6 Å². The molecule has 0 bridgehead atoms. The lowest BCUT2D eigenvalue weighted by atomic mass is 10.2. The van der Waals surface area contributed by atoms with E-state index in [9.17, 15) is 4.79 Å². The monoisotopic (exact) mass is 359 g/mol. The molecule has 0 saturated carbocycles. The van der Waals surface area contributed by atoms with E-state index in [0.29, 0.717) is 11.4 Å². The van der Waals surface area contributed by atoms with Gasteiger partial charge in [-0.3, -0.25) is 0 Å². The third-order valence-corrected chi connectivity index (χ3v) is 4.09. The Morgan fingerprint density at radius 3 is 2.59 bits per heavy atom. The van der Waals surface area contributed by atoms with E-state index in [2.05, 4.69) is 10.1 Å². The first-order chi connectivity index (χ1) is 13.2. The number of nitrogens with zero attached hydrogens (tertiary/aromatic N) is 3. The summed E-state index contributed by atoms with van der Waals surface area (Å²) in [6, 6.07) is 20.6. The lowest BCUT2D eigenvalue weighted by Gasteiger charge is -2.10. The molecule has 0 radical (unpaired) electrons. The lowest BCUT2D eigenvalue weighted by molar-refractivity contribution is 0.0265. The van der Waals surface area contributed by atoms with Gasteiger partial charge in [0.15, 0.2) is 6.10 Å². The van der Waals surface area contributed by atoms with E-state index >= 15 is 0 Å². The Balaban J connectivity index is 1.49. The van der Waals surface area contributed by atoms with Crippen molar-refractivity contribution in [2.45, 2.75) is 13.0 Å². The van der Waals surface area contributed by atoms with Gasteiger partial charge in [-0.25, -0.2) is 4.79 Å². The highest BCUT2D eigenvalue weighted by atomic mass is 16.6. The molecule has 0 amide bonds. The molecule has 1 atom stereocenters. The molecule has 0 N–H and O–H groups in total. The number of benzene rings is 2. The number of carbonyl (C=O) groups is 1. The van der Waals surface area contributed by atoms with Gasteiger partial charge in [0.2, 0.25) is 5.82 Å². The normalized spacial score (nSPS) is 11.9. The van der Waals surface area contributed by atoms with Crippen molar-refractivity contribution in [1.82, 2.24) is 14.7 Å². The van der Waals surface area contributed by atoms with Crippen LogP contribution >= 0.6 is 0 Å². The van der Waals surface area contributed by atoms with Crippen molar-refractivity contribution in [2.75, 3.05) is 0 Å². The van der Waals surface area contributed by atoms with Gasteiger partial charge >= 0.3 is 5.97 Å². The summed E-state index contributed by atoms with van der Waals surface area (Å²) < 4.78 is 12.7. The smallest absolute Gasteiger partial charge is 0.338 e. The first kappa shape index (κ1) is 16.8. The van der Waals surface area contributed by atoms with Crippen LogP contribution in [0.2, 0.25) is 0 Å². The largest absolute Gasteiger partial charge is 0.449 e. The Kier molecular flexibility index (Phi) is 4.53. The molecule has 134 valence electrons. The van der Waals surface area contributed by atoms with E-state index in [-0.39, 0.29) is 5.89 Å². The summed E-state index contributed by atoms with van der Waals surface area (Å²) in [5, 5.41) is 3.95. The highest BCUT2D eigenvalue weighted by Crippen LogP contribution is 2.22. The molecule has 6 heteroatoms. The lowest BCUT2D eigenvalue weighted by Crippen LogP contribution is -2.10. The number of rotatable bonds is 5. The maximum absolute atomic E-state index is 12.5. The molecular formula is C21H17N3O3. The van der Waals surface area contributed by atoms with Crippen LogP contribution in [-0.2, 0) is 4.74 Å². The summed E-state index contributed by atoms with van der Waals surface area (Å²) >= 11 is 0. The standard InChI is InChI=1S/C21H17N3O3/c1-15(20-22-19(23-27-20)16-8-3-2-4-9-16)26-21(25)17-10-7-11-18(14-17)24-12-5-6-13-24/h2-15H,1H3/t15-/m0/s1. The minimum Gasteiger partial charge on any atom is -0.449 e. The van der Waals surface area contributed by atoms with Crippen LogP contribution in [0.15, 0.2) is 83.6 Å². The highest BCUT2D eigenvalue weighted by molar-refractivity contribution is 5.90. The van der Waals surface area contributed by atoms with Crippen LogP contribution in [0.25, 0.3) is 17.1 Å². The van der Waals surface area contributed by atoms with E-state index in [0.717, 1.165) is 11.3 Å². The molecule has 2 heterocycles. The van der Waals surface area contributed by atoms with Crippen molar-refractivity contribution >= 4 is 5.97 Å². The van der Waals surface area contributed by atoms with E-state index in [1.165, 1.54) is 0 Å². The summed E-state index contributed by atoms with van der Waals surface area (Å²) in [7, 11) is 0. The molecule has 0 spiro atoms. The Hall–Kier alpha value is -3.67. The van der Waals surface area contributed by atoms with Crippen LogP contribution in [0.1, 0.15) is 29.3 Å². The number of esters is 1. The average Bonchev–Trinajstić information content (AvgIpc) is 3.41. The third kappa shape index (κ3) is 3.64. The highest BCUT2D eigenvalue weighted by Gasteiger charge is 2.20. The first-order valence-electron chi connectivity index (χ1n) is 8.54. The second kappa shape index (κ2) is 7.29. The Morgan fingerprint density at radius 2 is 1.81 bits per heavy atom. The molecule has 0 aliphatic carbocycles. The second-order valence-electron chi connectivity index (χ2n) is 6.01. The molecule has 2 aromatic heterocycles. The minimum absolute atomic E-state index is 0.253. The fourth-order valence-corrected chi connectivity index (χ4v) is 2.68. The maximum Gasteiger partial charge on any atom is 0.338 e. The van der Waals surface area contributed by atoms with Gasteiger partial charge in [-0.05, 0) is 37.3 Å². The number of aromatic nitrogens is 3. The Labute approximate surface area is 156 Å². The third-order valence-electron chi connectivity index (χ3n) is 4.09. The summed E-state index contributed by atoms with van der Waals surface area (Å²) in [6.45, 7) is 1.70. The van der Waals surface area contributed by atoms with Gasteiger partial charge < -0.3 is 13.8 Å². The zero-order valence-corrected chi connectivity index (χ0v) is 14.6. The Morgan fingerprint density at radius 1 is 1.04 bits per heavy atom. The van der Waals surface area contributed by atoms with Crippen LogP contribution in [0.3, 0.4) is 0 Å². The second-order valence-corrected chi connectivity index (χ2v) is 6.01. The predicted octanol–water partition coefficient (Wildman–Crippen LogP) is 4.45. The van der Waals surface area contributed by atoms with Gasteiger partial charge in [0.05, 0.1) is 5.56 Å². The summed E-state index contributed by atoms with van der Waals surface area (Å²) in [5.74, 6) is 0.267. The zero-order chi connectivity index (χ0) is 18.6. The van der Waals surface area contributed by atoms with E-state index in [1.807, 2.05) is 71.6 Å². The van der Waals surface area contributed by atoms with Gasteiger partial charge in [-0.2, -0.15) is 4.98 Å². The van der Waals surface area contributed by atoms with Crippen molar-refractivity contribution in [3.8, 4) is 17.1 Å². The van der Waals surface area contributed by atoms with Crippen molar-refractivity contribution in [1.29, 1.82) is 0 Å². The molecule has 4 rings (SSSR count). The zero-order valence-electron chi connectivity index (χ0n) is 14.6. The van der Waals surface area contributed by atoms with Crippen molar-refractivity contribution in [3.63, 3.8) is 0 Å². The number of carbonyl (C=O) groups excluding carboxylic acids is 1. The molecule has 0 aliphatic heterocycles. The molecule has 0 fully saturated rings. The van der Waals surface area contributed by atoms with E-state index in [4.69, 9.17) is 9.26 Å². The molecule has 0 saturated heterocycles. The van der Waals surface area contributed by atoms with Gasteiger partial charge in [-0.15, -0.1) is 0 Å². The van der Waals surface area contributed by atoms with Gasteiger partial charge in [0.1, 0.15) is 0 Å². The van der Waals surface area contributed by atoms with Gasteiger partial charge in [-0.1, -0.05) is 41.6 Å². The number of hydrogen-bond acceptors (Lipinski definition) is 5. The molecule has 0 unspecified atom stereocenters. The number of ether oxygens (including phenoxy) is 1. The average molecular weight is 359 g/mol. The van der Waals surface area contributed by atoms with E-state index < -0.39 is 12.1 Å². The predicted molar refractivity (Wildman–Crippen MR) is 99.3 cm³/mol. The summed E-state index contributed by atoms with van der Waals surface area (Å²) in [4.78, 5) is 16.8. The van der Waals surface area contributed by atoms with Crippen LogP contribution in [0.4, 0.5) is 0 Å². The molecule has 27 heavy (non-hydrogen) atoms. The molecule has 4 aromatic rings. The molecule has 0 aliphatic rings.